The molecule has 2 N–H and O–H groups in total. The van der Waals surface area contributed by atoms with Crippen LogP contribution < -0.4 is 10.1 Å². The third kappa shape index (κ3) is 2.42. The third-order valence-electron chi connectivity index (χ3n) is 3.54. The molecule has 0 aliphatic carbocycles. The average molecular weight is 255 g/mol. The van der Waals surface area contributed by atoms with Gasteiger partial charge in [0, 0.05) is 11.6 Å². The number of aromatic hydroxyl groups is 1. The molecule has 3 rings (SSSR count). The highest BCUT2D eigenvalue weighted by atomic mass is 16.5. The van der Waals surface area contributed by atoms with Gasteiger partial charge in [-0.25, -0.2) is 0 Å². The highest BCUT2D eigenvalue weighted by Crippen LogP contribution is 2.33. The molecule has 0 fully saturated rings. The molecule has 2 aromatic rings. The standard InChI is InChI=1S/C16H17NO2/c1-11(12-6-8-13(18)9-7-12)17-15-10-19-16-5-3-2-4-14(15)16/h2-9,11,15,17-18H,10H2,1H3. The van der Waals surface area contributed by atoms with Crippen LogP contribution in [0.4, 0.5) is 0 Å². The lowest BCUT2D eigenvalue weighted by molar-refractivity contribution is 0.301. The molecule has 3 nitrogen and oxygen atoms in total. The van der Waals surface area contributed by atoms with Crippen molar-refractivity contribution in [1.82, 2.24) is 5.32 Å². The Morgan fingerprint density at radius 3 is 2.68 bits per heavy atom. The maximum Gasteiger partial charge on any atom is 0.124 e. The second kappa shape index (κ2) is 4.94. The van der Waals surface area contributed by atoms with E-state index in [0.29, 0.717) is 12.4 Å². The molecule has 2 atom stereocenters. The van der Waals surface area contributed by atoms with E-state index in [-0.39, 0.29) is 12.1 Å². The molecule has 1 heterocycles. The van der Waals surface area contributed by atoms with Crippen molar-refractivity contribution in [2.24, 2.45) is 0 Å². The van der Waals surface area contributed by atoms with Crippen molar-refractivity contribution in [1.29, 1.82) is 0 Å². The predicted octanol–water partition coefficient (Wildman–Crippen LogP) is 3.18. The van der Waals surface area contributed by atoms with Crippen LogP contribution in [0.3, 0.4) is 0 Å². The van der Waals surface area contributed by atoms with E-state index >= 15 is 0 Å². The number of nitrogens with one attached hydrogen (secondary N) is 1. The van der Waals surface area contributed by atoms with Crippen molar-refractivity contribution in [2.45, 2.75) is 19.0 Å². The molecule has 2 unspecified atom stereocenters. The van der Waals surface area contributed by atoms with Gasteiger partial charge >= 0.3 is 0 Å². The first kappa shape index (κ1) is 12.1. The SMILES string of the molecule is CC(NC1COc2ccccc21)c1ccc(O)cc1. The summed E-state index contributed by atoms with van der Waals surface area (Å²) in [5.41, 5.74) is 2.37. The summed E-state index contributed by atoms with van der Waals surface area (Å²) < 4.78 is 5.66. The summed E-state index contributed by atoms with van der Waals surface area (Å²) >= 11 is 0. The van der Waals surface area contributed by atoms with Gasteiger partial charge in [0.05, 0.1) is 6.04 Å². The van der Waals surface area contributed by atoms with Crippen molar-refractivity contribution in [3.63, 3.8) is 0 Å². The minimum Gasteiger partial charge on any atom is -0.508 e. The van der Waals surface area contributed by atoms with Crippen molar-refractivity contribution in [2.75, 3.05) is 6.61 Å². The van der Waals surface area contributed by atoms with Crippen molar-refractivity contribution < 1.29 is 9.84 Å². The van der Waals surface area contributed by atoms with Crippen LogP contribution in [0.5, 0.6) is 11.5 Å². The average Bonchev–Trinajstić information content (AvgIpc) is 2.83. The molecule has 0 saturated carbocycles. The van der Waals surface area contributed by atoms with Crippen LogP contribution in [0, 0.1) is 0 Å². The number of rotatable bonds is 3. The summed E-state index contributed by atoms with van der Waals surface area (Å²) in [6.45, 7) is 2.79. The largest absolute Gasteiger partial charge is 0.508 e. The number of para-hydroxylation sites is 1. The molecule has 1 aliphatic heterocycles. The van der Waals surface area contributed by atoms with Crippen molar-refractivity contribution in [3.8, 4) is 11.5 Å². The Balaban J connectivity index is 1.74. The van der Waals surface area contributed by atoms with Gasteiger partial charge < -0.3 is 15.2 Å². The van der Waals surface area contributed by atoms with Crippen LogP contribution in [0.25, 0.3) is 0 Å². The molecule has 0 saturated heterocycles. The fraction of sp³-hybridized carbons (Fsp3) is 0.250. The van der Waals surface area contributed by atoms with Crippen LogP contribution >= 0.6 is 0 Å². The predicted molar refractivity (Wildman–Crippen MR) is 74.3 cm³/mol. The number of phenols is 1. The summed E-state index contributed by atoms with van der Waals surface area (Å²) in [5.74, 6) is 1.27. The number of benzene rings is 2. The Morgan fingerprint density at radius 2 is 1.89 bits per heavy atom. The van der Waals surface area contributed by atoms with Gasteiger partial charge in [-0.2, -0.15) is 0 Å². The van der Waals surface area contributed by atoms with Gasteiger partial charge in [-0.1, -0.05) is 30.3 Å². The van der Waals surface area contributed by atoms with E-state index in [1.165, 1.54) is 5.56 Å². The number of hydrogen-bond donors (Lipinski definition) is 2. The van der Waals surface area contributed by atoms with Gasteiger partial charge in [0.15, 0.2) is 0 Å². The van der Waals surface area contributed by atoms with E-state index in [1.807, 2.05) is 30.3 Å². The Labute approximate surface area is 112 Å². The van der Waals surface area contributed by atoms with E-state index in [9.17, 15) is 5.11 Å². The van der Waals surface area contributed by atoms with Gasteiger partial charge in [0.1, 0.15) is 18.1 Å². The lowest BCUT2D eigenvalue weighted by atomic mass is 10.0. The van der Waals surface area contributed by atoms with E-state index in [1.54, 1.807) is 12.1 Å². The second-order valence-corrected chi connectivity index (χ2v) is 4.88. The van der Waals surface area contributed by atoms with E-state index in [4.69, 9.17) is 4.74 Å². The van der Waals surface area contributed by atoms with E-state index in [0.717, 1.165) is 11.3 Å². The summed E-state index contributed by atoms with van der Waals surface area (Å²) in [4.78, 5) is 0. The van der Waals surface area contributed by atoms with Gasteiger partial charge in [0.25, 0.3) is 0 Å². The minimum absolute atomic E-state index is 0.209. The number of phenolic OH excluding ortho intramolecular Hbond substituents is 1. The normalized spacial score (nSPS) is 18.7. The molecule has 0 radical (unpaired) electrons. The fourth-order valence-electron chi connectivity index (χ4n) is 2.46. The molecule has 0 bridgehead atoms. The molecule has 1 aliphatic rings. The molecule has 0 amide bonds. The Hall–Kier alpha value is -2.00. The third-order valence-corrected chi connectivity index (χ3v) is 3.54. The summed E-state index contributed by atoms with van der Waals surface area (Å²) in [5, 5.41) is 12.9. The van der Waals surface area contributed by atoms with Crippen molar-refractivity contribution >= 4 is 0 Å². The Bertz CT molecular complexity index is 565. The first-order valence-corrected chi connectivity index (χ1v) is 6.51. The molecule has 0 aromatic heterocycles. The quantitative estimate of drug-likeness (QED) is 0.885. The molecular formula is C16H17NO2. The van der Waals surface area contributed by atoms with Crippen LogP contribution in [0.15, 0.2) is 48.5 Å². The molecule has 98 valence electrons. The van der Waals surface area contributed by atoms with E-state index in [2.05, 4.69) is 18.3 Å². The van der Waals surface area contributed by atoms with Gasteiger partial charge in [-0.3, -0.25) is 0 Å². The van der Waals surface area contributed by atoms with Gasteiger partial charge in [-0.05, 0) is 30.7 Å². The molecule has 19 heavy (non-hydrogen) atoms. The molecule has 3 heteroatoms. The van der Waals surface area contributed by atoms with Gasteiger partial charge in [0.2, 0.25) is 0 Å². The second-order valence-electron chi connectivity index (χ2n) is 4.88. The van der Waals surface area contributed by atoms with Crippen molar-refractivity contribution in [3.05, 3.63) is 59.7 Å². The molecule has 0 spiro atoms. The Kier molecular flexibility index (Phi) is 3.13. The molecular weight excluding hydrogens is 238 g/mol. The topological polar surface area (TPSA) is 41.5 Å². The highest BCUT2D eigenvalue weighted by Gasteiger charge is 2.24. The lowest BCUT2D eigenvalue weighted by Gasteiger charge is -2.19. The van der Waals surface area contributed by atoms with Gasteiger partial charge in [-0.15, -0.1) is 0 Å². The lowest BCUT2D eigenvalue weighted by Crippen LogP contribution is -2.25. The van der Waals surface area contributed by atoms with Crippen LogP contribution in [-0.2, 0) is 0 Å². The van der Waals surface area contributed by atoms with Crippen LogP contribution in [0.2, 0.25) is 0 Å². The summed E-state index contributed by atoms with van der Waals surface area (Å²) in [6.07, 6.45) is 0. The van der Waals surface area contributed by atoms with Crippen LogP contribution in [0.1, 0.15) is 30.1 Å². The maximum atomic E-state index is 9.31. The number of hydrogen-bond acceptors (Lipinski definition) is 3. The number of fused-ring (bicyclic) bond motifs is 1. The fourth-order valence-corrected chi connectivity index (χ4v) is 2.46. The van der Waals surface area contributed by atoms with E-state index < -0.39 is 0 Å². The summed E-state index contributed by atoms with van der Waals surface area (Å²) in [7, 11) is 0. The zero-order valence-electron chi connectivity index (χ0n) is 10.8. The molecule has 2 aromatic carbocycles. The van der Waals surface area contributed by atoms with Crippen LogP contribution in [-0.4, -0.2) is 11.7 Å². The Morgan fingerprint density at radius 1 is 1.16 bits per heavy atom. The monoisotopic (exact) mass is 255 g/mol. The minimum atomic E-state index is 0.209. The number of ether oxygens (including phenoxy) is 1. The zero-order chi connectivity index (χ0) is 13.2. The summed E-state index contributed by atoms with van der Waals surface area (Å²) in [6, 6.07) is 15.9. The highest BCUT2D eigenvalue weighted by molar-refractivity contribution is 5.39. The smallest absolute Gasteiger partial charge is 0.124 e. The zero-order valence-corrected chi connectivity index (χ0v) is 10.8. The maximum absolute atomic E-state index is 9.31. The first-order chi connectivity index (χ1) is 9.24. The first-order valence-electron chi connectivity index (χ1n) is 6.51.